The number of aryl methyl sites for hydroxylation is 2. The normalized spacial score (nSPS) is 17.4. The van der Waals surface area contributed by atoms with E-state index in [0.717, 1.165) is 49.4 Å². The molecule has 2 aromatic heterocycles. The fraction of sp³-hybridized carbons (Fsp3) is 0.450. The monoisotopic (exact) mass is 338 g/mol. The second-order valence-electron chi connectivity index (χ2n) is 6.75. The maximum Gasteiger partial charge on any atom is 0.222 e. The molecular weight excluding hydrogens is 312 g/mol. The molecule has 0 aliphatic carbocycles. The molecule has 5 nitrogen and oxygen atoms in total. The van der Waals surface area contributed by atoms with Gasteiger partial charge in [-0.3, -0.25) is 9.78 Å². The lowest BCUT2D eigenvalue weighted by molar-refractivity contribution is -0.132. The number of nitrogens with zero attached hydrogens (tertiary/aromatic N) is 4. The molecule has 0 saturated carbocycles. The van der Waals surface area contributed by atoms with E-state index in [2.05, 4.69) is 20.9 Å². The quantitative estimate of drug-likeness (QED) is 0.841. The zero-order valence-corrected chi connectivity index (χ0v) is 15.1. The van der Waals surface area contributed by atoms with Gasteiger partial charge >= 0.3 is 0 Å². The fourth-order valence-electron chi connectivity index (χ4n) is 3.36. The number of likely N-dealkylation sites (N-methyl/N-ethyl adjacent to an activating group) is 1. The molecule has 132 valence electrons. The average Bonchev–Trinajstić information content (AvgIpc) is 2.66. The third kappa shape index (κ3) is 4.56. The molecule has 0 aromatic carbocycles. The van der Waals surface area contributed by atoms with E-state index in [1.165, 1.54) is 0 Å². The highest BCUT2D eigenvalue weighted by atomic mass is 16.2. The Morgan fingerprint density at radius 3 is 2.96 bits per heavy atom. The minimum Gasteiger partial charge on any atom is -0.355 e. The number of amides is 1. The first-order chi connectivity index (χ1) is 12.1. The smallest absolute Gasteiger partial charge is 0.222 e. The van der Waals surface area contributed by atoms with E-state index in [0.29, 0.717) is 6.42 Å². The van der Waals surface area contributed by atoms with Crippen molar-refractivity contribution in [3.05, 3.63) is 54.0 Å². The molecule has 1 atom stereocenters. The number of carbonyl (C=O) groups is 1. The minimum absolute atomic E-state index is 0.202. The predicted molar refractivity (Wildman–Crippen MR) is 99.5 cm³/mol. The van der Waals surface area contributed by atoms with Gasteiger partial charge in [0.15, 0.2) is 0 Å². The molecule has 1 aliphatic heterocycles. The number of hydrogen-bond acceptors (Lipinski definition) is 4. The van der Waals surface area contributed by atoms with Crippen LogP contribution in [0.15, 0.2) is 42.7 Å². The standard InChI is InChI=1S/C20H26N4O/c1-16-6-3-9-19(22-16)24-13-5-8-18(15-24)23(2)20(25)11-10-17-7-4-12-21-14-17/h3-4,6-7,9,12,14,18H,5,8,10-11,13,15H2,1-2H3/t18-/m0/s1. The molecule has 0 N–H and O–H groups in total. The Morgan fingerprint density at radius 1 is 1.32 bits per heavy atom. The van der Waals surface area contributed by atoms with Crippen LogP contribution in [0.4, 0.5) is 5.82 Å². The summed E-state index contributed by atoms with van der Waals surface area (Å²) in [5.41, 5.74) is 2.14. The van der Waals surface area contributed by atoms with E-state index < -0.39 is 0 Å². The largest absolute Gasteiger partial charge is 0.355 e. The maximum atomic E-state index is 12.6. The van der Waals surface area contributed by atoms with Crippen molar-refractivity contribution in [2.45, 2.75) is 38.6 Å². The summed E-state index contributed by atoms with van der Waals surface area (Å²) in [4.78, 5) is 25.5. The van der Waals surface area contributed by atoms with Gasteiger partial charge in [0.2, 0.25) is 5.91 Å². The summed E-state index contributed by atoms with van der Waals surface area (Å²) in [7, 11) is 1.93. The predicted octanol–water partition coefficient (Wildman–Crippen LogP) is 2.85. The molecule has 1 aliphatic rings. The van der Waals surface area contributed by atoms with E-state index in [9.17, 15) is 4.79 Å². The van der Waals surface area contributed by atoms with Crippen molar-refractivity contribution >= 4 is 11.7 Å². The van der Waals surface area contributed by atoms with Crippen molar-refractivity contribution in [1.29, 1.82) is 0 Å². The van der Waals surface area contributed by atoms with E-state index >= 15 is 0 Å². The lowest BCUT2D eigenvalue weighted by Gasteiger charge is -2.38. The first-order valence-corrected chi connectivity index (χ1v) is 8.96. The van der Waals surface area contributed by atoms with Crippen LogP contribution >= 0.6 is 0 Å². The van der Waals surface area contributed by atoms with Crippen LogP contribution in [0.3, 0.4) is 0 Å². The van der Waals surface area contributed by atoms with Gasteiger partial charge in [-0.25, -0.2) is 4.98 Å². The lowest BCUT2D eigenvalue weighted by Crippen LogP contribution is -2.49. The van der Waals surface area contributed by atoms with Gasteiger partial charge in [0.1, 0.15) is 5.82 Å². The van der Waals surface area contributed by atoms with Crippen LogP contribution in [-0.2, 0) is 11.2 Å². The highest BCUT2D eigenvalue weighted by Crippen LogP contribution is 2.21. The molecule has 0 spiro atoms. The second-order valence-corrected chi connectivity index (χ2v) is 6.75. The Hall–Kier alpha value is -2.43. The minimum atomic E-state index is 0.202. The number of anilines is 1. The summed E-state index contributed by atoms with van der Waals surface area (Å²) in [6.07, 6.45) is 7.00. The van der Waals surface area contributed by atoms with Crippen molar-refractivity contribution in [3.63, 3.8) is 0 Å². The third-order valence-electron chi connectivity index (χ3n) is 4.89. The lowest BCUT2D eigenvalue weighted by atomic mass is 10.0. The van der Waals surface area contributed by atoms with Gasteiger partial charge in [0, 0.05) is 50.7 Å². The van der Waals surface area contributed by atoms with Crippen molar-refractivity contribution in [3.8, 4) is 0 Å². The van der Waals surface area contributed by atoms with Crippen LogP contribution in [0, 0.1) is 6.92 Å². The van der Waals surface area contributed by atoms with Gasteiger partial charge in [0.05, 0.1) is 0 Å². The third-order valence-corrected chi connectivity index (χ3v) is 4.89. The van der Waals surface area contributed by atoms with Gasteiger partial charge in [-0.05, 0) is 49.9 Å². The summed E-state index contributed by atoms with van der Waals surface area (Å²) in [6.45, 7) is 3.87. The van der Waals surface area contributed by atoms with Crippen LogP contribution in [0.5, 0.6) is 0 Å². The van der Waals surface area contributed by atoms with Gasteiger partial charge in [0.25, 0.3) is 0 Å². The number of pyridine rings is 2. The number of piperidine rings is 1. The van der Waals surface area contributed by atoms with Crippen LogP contribution in [-0.4, -0.2) is 47.0 Å². The fourth-order valence-corrected chi connectivity index (χ4v) is 3.36. The van der Waals surface area contributed by atoms with Crippen LogP contribution in [0.1, 0.15) is 30.5 Å². The number of rotatable bonds is 5. The highest BCUT2D eigenvalue weighted by Gasteiger charge is 2.26. The number of hydrogen-bond donors (Lipinski definition) is 0. The summed E-state index contributed by atoms with van der Waals surface area (Å²) < 4.78 is 0. The average molecular weight is 338 g/mol. The summed E-state index contributed by atoms with van der Waals surface area (Å²) in [5, 5.41) is 0. The topological polar surface area (TPSA) is 49.3 Å². The van der Waals surface area contributed by atoms with Crippen LogP contribution in [0.2, 0.25) is 0 Å². The molecule has 0 radical (unpaired) electrons. The molecule has 1 fully saturated rings. The van der Waals surface area contributed by atoms with Gasteiger partial charge in [-0.1, -0.05) is 12.1 Å². The molecule has 3 rings (SSSR count). The molecule has 5 heteroatoms. The molecule has 3 heterocycles. The molecule has 1 amide bonds. The van der Waals surface area contributed by atoms with Crippen molar-refractivity contribution in [1.82, 2.24) is 14.9 Å². The van der Waals surface area contributed by atoms with Gasteiger partial charge in [-0.15, -0.1) is 0 Å². The zero-order valence-electron chi connectivity index (χ0n) is 15.1. The van der Waals surface area contributed by atoms with E-state index in [-0.39, 0.29) is 11.9 Å². The zero-order chi connectivity index (χ0) is 17.6. The summed E-state index contributed by atoms with van der Waals surface area (Å²) in [5.74, 6) is 1.22. The first kappa shape index (κ1) is 17.4. The molecule has 0 bridgehead atoms. The van der Waals surface area contributed by atoms with E-state index in [4.69, 9.17) is 0 Å². The highest BCUT2D eigenvalue weighted by molar-refractivity contribution is 5.76. The Balaban J connectivity index is 1.57. The summed E-state index contributed by atoms with van der Waals surface area (Å²) in [6, 6.07) is 10.3. The van der Waals surface area contributed by atoms with E-state index in [1.807, 2.05) is 49.3 Å². The molecule has 0 unspecified atom stereocenters. The van der Waals surface area contributed by atoms with E-state index in [1.54, 1.807) is 6.20 Å². The molecule has 25 heavy (non-hydrogen) atoms. The Kier molecular flexibility index (Phi) is 5.64. The number of carbonyl (C=O) groups excluding carboxylic acids is 1. The summed E-state index contributed by atoms with van der Waals surface area (Å²) >= 11 is 0. The Morgan fingerprint density at radius 2 is 2.20 bits per heavy atom. The maximum absolute atomic E-state index is 12.6. The van der Waals surface area contributed by atoms with Crippen molar-refractivity contribution < 1.29 is 4.79 Å². The Bertz CT molecular complexity index is 704. The molecule has 2 aromatic rings. The van der Waals surface area contributed by atoms with Crippen LogP contribution in [0.25, 0.3) is 0 Å². The molecule has 1 saturated heterocycles. The Labute approximate surface area is 149 Å². The van der Waals surface area contributed by atoms with Gasteiger partial charge < -0.3 is 9.80 Å². The van der Waals surface area contributed by atoms with Crippen molar-refractivity contribution in [2.75, 3.05) is 25.0 Å². The van der Waals surface area contributed by atoms with Crippen molar-refractivity contribution in [2.24, 2.45) is 0 Å². The number of aromatic nitrogens is 2. The SMILES string of the molecule is Cc1cccc(N2CCC[C@H](N(C)C(=O)CCc3cccnc3)C2)n1. The molecular formula is C20H26N4O. The second kappa shape index (κ2) is 8.10. The first-order valence-electron chi connectivity index (χ1n) is 8.96. The van der Waals surface area contributed by atoms with Crippen LogP contribution < -0.4 is 4.90 Å². The van der Waals surface area contributed by atoms with Gasteiger partial charge in [-0.2, -0.15) is 0 Å².